The lowest BCUT2D eigenvalue weighted by atomic mass is 10.0. The highest BCUT2D eigenvalue weighted by Gasteiger charge is 2.21. The van der Waals surface area contributed by atoms with Gasteiger partial charge in [-0.15, -0.1) is 0 Å². The molecule has 5 nitrogen and oxygen atoms in total. The number of rotatable bonds is 5. The molecule has 0 saturated carbocycles. The van der Waals surface area contributed by atoms with Crippen LogP contribution < -0.4 is 11.1 Å². The maximum atomic E-state index is 12.1. The fourth-order valence-electron chi connectivity index (χ4n) is 1.83. The SMILES string of the molecule is CCC(C)NC(=O)C(C)OC(=O)c1cc(N)c(C)cc1C. The van der Waals surface area contributed by atoms with Crippen LogP contribution >= 0.6 is 0 Å². The quantitative estimate of drug-likeness (QED) is 0.644. The van der Waals surface area contributed by atoms with Crippen LogP contribution in [0, 0.1) is 13.8 Å². The molecular formula is C16H24N2O3. The third-order valence-electron chi connectivity index (χ3n) is 3.49. The van der Waals surface area contributed by atoms with Crippen LogP contribution in [0.5, 0.6) is 0 Å². The minimum Gasteiger partial charge on any atom is -0.449 e. The highest BCUT2D eigenvalue weighted by Crippen LogP contribution is 2.19. The van der Waals surface area contributed by atoms with Gasteiger partial charge in [0.15, 0.2) is 6.10 Å². The summed E-state index contributed by atoms with van der Waals surface area (Å²) in [6, 6.07) is 3.47. The van der Waals surface area contributed by atoms with Gasteiger partial charge in [-0.2, -0.15) is 0 Å². The molecule has 0 aliphatic rings. The monoisotopic (exact) mass is 292 g/mol. The molecule has 3 N–H and O–H groups in total. The summed E-state index contributed by atoms with van der Waals surface area (Å²) in [5, 5.41) is 2.78. The number of esters is 1. The Morgan fingerprint density at radius 3 is 2.43 bits per heavy atom. The van der Waals surface area contributed by atoms with E-state index in [1.165, 1.54) is 0 Å². The second-order valence-electron chi connectivity index (χ2n) is 5.39. The highest BCUT2D eigenvalue weighted by atomic mass is 16.5. The van der Waals surface area contributed by atoms with E-state index in [1.807, 2.05) is 33.8 Å². The van der Waals surface area contributed by atoms with Crippen LogP contribution in [0.4, 0.5) is 5.69 Å². The van der Waals surface area contributed by atoms with Crippen LogP contribution in [0.2, 0.25) is 0 Å². The molecule has 1 aromatic rings. The van der Waals surface area contributed by atoms with E-state index < -0.39 is 12.1 Å². The summed E-state index contributed by atoms with van der Waals surface area (Å²) in [6.07, 6.45) is -0.0200. The van der Waals surface area contributed by atoms with Crippen molar-refractivity contribution in [2.75, 3.05) is 5.73 Å². The van der Waals surface area contributed by atoms with E-state index in [1.54, 1.807) is 13.0 Å². The van der Waals surface area contributed by atoms with Crippen molar-refractivity contribution in [3.05, 3.63) is 28.8 Å². The van der Waals surface area contributed by atoms with Gasteiger partial charge < -0.3 is 15.8 Å². The lowest BCUT2D eigenvalue weighted by Gasteiger charge is -2.17. The van der Waals surface area contributed by atoms with Gasteiger partial charge in [0.25, 0.3) is 5.91 Å². The molecule has 2 atom stereocenters. The second-order valence-corrected chi connectivity index (χ2v) is 5.39. The number of ether oxygens (including phenoxy) is 1. The molecule has 0 bridgehead atoms. The molecule has 5 heteroatoms. The first-order valence-electron chi connectivity index (χ1n) is 7.14. The molecule has 0 saturated heterocycles. The maximum Gasteiger partial charge on any atom is 0.339 e. The third-order valence-corrected chi connectivity index (χ3v) is 3.49. The molecule has 0 fully saturated rings. The predicted molar refractivity (Wildman–Crippen MR) is 83.1 cm³/mol. The number of nitrogen functional groups attached to an aromatic ring is 1. The largest absolute Gasteiger partial charge is 0.449 e. The Hall–Kier alpha value is -2.04. The van der Waals surface area contributed by atoms with E-state index in [0.717, 1.165) is 17.5 Å². The van der Waals surface area contributed by atoms with Gasteiger partial charge in [-0.3, -0.25) is 4.79 Å². The molecule has 1 aromatic carbocycles. The van der Waals surface area contributed by atoms with E-state index >= 15 is 0 Å². The zero-order valence-corrected chi connectivity index (χ0v) is 13.3. The smallest absolute Gasteiger partial charge is 0.339 e. The molecule has 0 radical (unpaired) electrons. The summed E-state index contributed by atoms with van der Waals surface area (Å²) < 4.78 is 5.21. The Morgan fingerprint density at radius 1 is 1.24 bits per heavy atom. The molecule has 0 heterocycles. The number of aryl methyl sites for hydroxylation is 2. The average molecular weight is 292 g/mol. The van der Waals surface area contributed by atoms with Crippen LogP contribution in [0.1, 0.15) is 48.7 Å². The lowest BCUT2D eigenvalue weighted by Crippen LogP contribution is -2.40. The van der Waals surface area contributed by atoms with Gasteiger partial charge >= 0.3 is 5.97 Å². The van der Waals surface area contributed by atoms with Crippen LogP contribution in [-0.2, 0) is 9.53 Å². The molecular weight excluding hydrogens is 268 g/mol. The second kappa shape index (κ2) is 7.11. The molecule has 0 spiro atoms. The Labute approximate surface area is 125 Å². The van der Waals surface area contributed by atoms with Gasteiger partial charge in [-0.1, -0.05) is 13.0 Å². The Morgan fingerprint density at radius 2 is 1.86 bits per heavy atom. The number of amides is 1. The van der Waals surface area contributed by atoms with E-state index in [-0.39, 0.29) is 11.9 Å². The number of hydrogen-bond donors (Lipinski definition) is 2. The van der Waals surface area contributed by atoms with Crippen molar-refractivity contribution in [2.45, 2.75) is 53.2 Å². The Bertz CT molecular complexity index is 541. The number of carbonyl (C=O) groups is 2. The average Bonchev–Trinajstić information content (AvgIpc) is 2.42. The molecule has 0 aliphatic heterocycles. The molecule has 0 aromatic heterocycles. The number of hydrogen-bond acceptors (Lipinski definition) is 4. The summed E-state index contributed by atoms with van der Waals surface area (Å²) in [4.78, 5) is 24.0. The van der Waals surface area contributed by atoms with E-state index in [0.29, 0.717) is 11.3 Å². The molecule has 21 heavy (non-hydrogen) atoms. The Kier molecular flexibility index (Phi) is 5.76. The van der Waals surface area contributed by atoms with Gasteiger partial charge in [0, 0.05) is 11.7 Å². The summed E-state index contributed by atoms with van der Waals surface area (Å²) >= 11 is 0. The summed E-state index contributed by atoms with van der Waals surface area (Å²) in [7, 11) is 0. The van der Waals surface area contributed by atoms with Crippen LogP contribution in [-0.4, -0.2) is 24.0 Å². The predicted octanol–water partition coefficient (Wildman–Crippen LogP) is 2.35. The van der Waals surface area contributed by atoms with Crippen molar-refractivity contribution in [3.8, 4) is 0 Å². The number of carbonyl (C=O) groups excluding carboxylic acids is 2. The normalized spacial score (nSPS) is 13.4. The number of benzene rings is 1. The first kappa shape index (κ1) is 17.0. The van der Waals surface area contributed by atoms with Gasteiger partial charge in [0.05, 0.1) is 5.56 Å². The van der Waals surface area contributed by atoms with E-state index in [4.69, 9.17) is 10.5 Å². The molecule has 2 unspecified atom stereocenters. The molecule has 1 amide bonds. The molecule has 116 valence electrons. The topological polar surface area (TPSA) is 81.4 Å². The van der Waals surface area contributed by atoms with Crippen LogP contribution in [0.25, 0.3) is 0 Å². The highest BCUT2D eigenvalue weighted by molar-refractivity contribution is 5.94. The number of nitrogens with one attached hydrogen (secondary N) is 1. The summed E-state index contributed by atoms with van der Waals surface area (Å²) in [5.41, 5.74) is 8.42. The van der Waals surface area contributed by atoms with Gasteiger partial charge in [-0.25, -0.2) is 4.79 Å². The zero-order valence-electron chi connectivity index (χ0n) is 13.3. The van der Waals surface area contributed by atoms with E-state index in [2.05, 4.69) is 5.32 Å². The summed E-state index contributed by atoms with van der Waals surface area (Å²) in [6.45, 7) is 9.12. The fourth-order valence-corrected chi connectivity index (χ4v) is 1.83. The van der Waals surface area contributed by atoms with Gasteiger partial charge in [0.2, 0.25) is 0 Å². The molecule has 1 rings (SSSR count). The minimum atomic E-state index is -0.839. The van der Waals surface area contributed by atoms with Crippen molar-refractivity contribution >= 4 is 17.6 Å². The zero-order chi connectivity index (χ0) is 16.2. The fraction of sp³-hybridized carbons (Fsp3) is 0.500. The summed E-state index contributed by atoms with van der Waals surface area (Å²) in [5.74, 6) is -0.832. The minimum absolute atomic E-state index is 0.0513. The van der Waals surface area contributed by atoms with Gasteiger partial charge in [0.1, 0.15) is 0 Å². The third kappa shape index (κ3) is 4.48. The Balaban J connectivity index is 2.77. The maximum absolute atomic E-state index is 12.1. The van der Waals surface area contributed by atoms with E-state index in [9.17, 15) is 9.59 Å². The standard InChI is InChI=1S/C16H24N2O3/c1-6-11(4)18-15(19)12(5)21-16(20)13-8-14(17)10(3)7-9(13)2/h7-8,11-12H,6,17H2,1-5H3,(H,18,19). The lowest BCUT2D eigenvalue weighted by molar-refractivity contribution is -0.129. The molecule has 0 aliphatic carbocycles. The van der Waals surface area contributed by atoms with Crippen molar-refractivity contribution < 1.29 is 14.3 Å². The van der Waals surface area contributed by atoms with Crippen molar-refractivity contribution in [3.63, 3.8) is 0 Å². The first-order chi connectivity index (χ1) is 9.76. The van der Waals surface area contributed by atoms with Crippen LogP contribution in [0.15, 0.2) is 12.1 Å². The van der Waals surface area contributed by atoms with Crippen molar-refractivity contribution in [1.82, 2.24) is 5.32 Å². The van der Waals surface area contributed by atoms with Gasteiger partial charge in [-0.05, 0) is 51.3 Å². The van der Waals surface area contributed by atoms with Crippen molar-refractivity contribution in [1.29, 1.82) is 0 Å². The van der Waals surface area contributed by atoms with Crippen LogP contribution in [0.3, 0.4) is 0 Å². The number of nitrogens with two attached hydrogens (primary N) is 1. The van der Waals surface area contributed by atoms with Crippen molar-refractivity contribution in [2.24, 2.45) is 0 Å². The first-order valence-corrected chi connectivity index (χ1v) is 7.14. The number of anilines is 1.